The Hall–Kier alpha value is -2.21. The summed E-state index contributed by atoms with van der Waals surface area (Å²) in [5, 5.41) is 3.03. The topological polar surface area (TPSA) is 69.7 Å². The molecule has 2 fully saturated rings. The number of amides is 2. The molecule has 1 saturated carbocycles. The number of hydrogen-bond donors (Lipinski definition) is 1. The van der Waals surface area contributed by atoms with Crippen LogP contribution in [0.2, 0.25) is 0 Å². The van der Waals surface area contributed by atoms with E-state index in [1.807, 2.05) is 25.1 Å². The highest BCUT2D eigenvalue weighted by Gasteiger charge is 2.30. The molecule has 6 nitrogen and oxygen atoms in total. The van der Waals surface area contributed by atoms with Crippen LogP contribution in [0.5, 0.6) is 0 Å². The van der Waals surface area contributed by atoms with E-state index in [1.54, 1.807) is 17.0 Å². The molecular weight excluding hydrogens is 330 g/mol. The number of Topliss-reactive ketones (excluding diaryl/α,β-unsaturated/α-hetero) is 1. The average molecular weight is 357 g/mol. The zero-order valence-corrected chi connectivity index (χ0v) is 15.3. The zero-order chi connectivity index (χ0) is 18.5. The first kappa shape index (κ1) is 18.6. The van der Waals surface area contributed by atoms with Crippen molar-refractivity contribution in [3.63, 3.8) is 0 Å². The molecule has 2 aliphatic rings. The van der Waals surface area contributed by atoms with Crippen molar-refractivity contribution in [1.82, 2.24) is 15.1 Å². The van der Waals surface area contributed by atoms with Gasteiger partial charge in [-0.2, -0.15) is 0 Å². The number of carbonyl (C=O) groups excluding carboxylic acids is 3. The molecule has 6 heteroatoms. The van der Waals surface area contributed by atoms with Crippen LogP contribution in [0.15, 0.2) is 30.3 Å². The Morgan fingerprint density at radius 1 is 1.04 bits per heavy atom. The second-order valence-electron chi connectivity index (χ2n) is 7.16. The van der Waals surface area contributed by atoms with E-state index in [0.29, 0.717) is 37.8 Å². The molecule has 1 aliphatic heterocycles. The number of rotatable bonds is 7. The van der Waals surface area contributed by atoms with Gasteiger partial charge in [0.1, 0.15) is 0 Å². The largest absolute Gasteiger partial charge is 0.352 e. The maximum atomic E-state index is 12.4. The predicted molar refractivity (Wildman–Crippen MR) is 98.8 cm³/mol. The second kappa shape index (κ2) is 8.45. The Labute approximate surface area is 154 Å². The number of ketones is 1. The van der Waals surface area contributed by atoms with Crippen molar-refractivity contribution in [2.75, 3.05) is 26.2 Å². The minimum absolute atomic E-state index is 0.00274. The van der Waals surface area contributed by atoms with Gasteiger partial charge in [0.05, 0.1) is 6.04 Å². The summed E-state index contributed by atoms with van der Waals surface area (Å²) in [4.78, 5) is 40.6. The summed E-state index contributed by atoms with van der Waals surface area (Å²) < 4.78 is 0. The molecule has 0 aromatic heterocycles. The fourth-order valence-electron chi connectivity index (χ4n) is 3.22. The van der Waals surface area contributed by atoms with Crippen LogP contribution in [0.4, 0.5) is 0 Å². The van der Waals surface area contributed by atoms with Gasteiger partial charge in [0.2, 0.25) is 11.8 Å². The van der Waals surface area contributed by atoms with E-state index in [1.165, 1.54) is 0 Å². The first-order valence-corrected chi connectivity index (χ1v) is 9.45. The van der Waals surface area contributed by atoms with E-state index in [4.69, 9.17) is 0 Å². The van der Waals surface area contributed by atoms with Crippen LogP contribution in [-0.2, 0) is 9.59 Å². The predicted octanol–water partition coefficient (Wildman–Crippen LogP) is 1.46. The van der Waals surface area contributed by atoms with Crippen LogP contribution in [0.1, 0.15) is 43.0 Å². The van der Waals surface area contributed by atoms with Crippen LogP contribution >= 0.6 is 0 Å². The van der Waals surface area contributed by atoms with Crippen LogP contribution < -0.4 is 5.32 Å². The third-order valence-corrected chi connectivity index (χ3v) is 5.18. The van der Waals surface area contributed by atoms with Crippen molar-refractivity contribution >= 4 is 17.6 Å². The number of hydrogen-bond acceptors (Lipinski definition) is 4. The maximum absolute atomic E-state index is 12.4. The van der Waals surface area contributed by atoms with Crippen molar-refractivity contribution in [1.29, 1.82) is 0 Å². The van der Waals surface area contributed by atoms with Gasteiger partial charge in [0.15, 0.2) is 5.78 Å². The minimum atomic E-state index is -0.160. The zero-order valence-electron chi connectivity index (χ0n) is 15.3. The van der Waals surface area contributed by atoms with E-state index in [-0.39, 0.29) is 36.5 Å². The van der Waals surface area contributed by atoms with Crippen LogP contribution in [0, 0.1) is 0 Å². The fourth-order valence-corrected chi connectivity index (χ4v) is 3.22. The standard InChI is InChI=1S/C20H27N3O3/c1-15(20(26)21-17-7-8-17)22-11-13-23(14-12-22)19(25)10-9-18(24)16-5-3-2-4-6-16/h2-6,15,17H,7-14H2,1H3,(H,21,26). The SMILES string of the molecule is CC(C(=O)NC1CC1)N1CCN(C(=O)CCC(=O)c2ccccc2)CC1. The lowest BCUT2D eigenvalue weighted by Gasteiger charge is -2.37. The van der Waals surface area contributed by atoms with Gasteiger partial charge in [-0.1, -0.05) is 30.3 Å². The van der Waals surface area contributed by atoms with Crippen molar-refractivity contribution < 1.29 is 14.4 Å². The molecule has 1 aromatic carbocycles. The Bertz CT molecular complexity index is 650. The van der Waals surface area contributed by atoms with Gasteiger partial charge in [-0.25, -0.2) is 0 Å². The number of carbonyl (C=O) groups is 3. The van der Waals surface area contributed by atoms with Gasteiger partial charge in [-0.05, 0) is 19.8 Å². The first-order valence-electron chi connectivity index (χ1n) is 9.45. The lowest BCUT2D eigenvalue weighted by Crippen LogP contribution is -2.55. The smallest absolute Gasteiger partial charge is 0.237 e. The molecule has 1 saturated heterocycles. The summed E-state index contributed by atoms with van der Waals surface area (Å²) in [7, 11) is 0. The molecule has 0 radical (unpaired) electrons. The molecule has 0 bridgehead atoms. The van der Waals surface area contributed by atoms with Crippen molar-refractivity contribution in [2.45, 2.75) is 44.7 Å². The van der Waals surface area contributed by atoms with Crippen molar-refractivity contribution in [3.05, 3.63) is 35.9 Å². The molecule has 0 spiro atoms. The van der Waals surface area contributed by atoms with E-state index >= 15 is 0 Å². The lowest BCUT2D eigenvalue weighted by atomic mass is 10.1. The minimum Gasteiger partial charge on any atom is -0.352 e. The number of piperazine rings is 1. The molecule has 3 rings (SSSR count). The van der Waals surface area contributed by atoms with Crippen LogP contribution in [-0.4, -0.2) is 65.7 Å². The Balaban J connectivity index is 1.40. The highest BCUT2D eigenvalue weighted by atomic mass is 16.2. The summed E-state index contributed by atoms with van der Waals surface area (Å²) in [6.45, 7) is 4.53. The Morgan fingerprint density at radius 2 is 1.69 bits per heavy atom. The molecule has 1 atom stereocenters. The molecular formula is C20H27N3O3. The maximum Gasteiger partial charge on any atom is 0.237 e. The van der Waals surface area contributed by atoms with E-state index in [0.717, 1.165) is 12.8 Å². The van der Waals surface area contributed by atoms with Gasteiger partial charge in [0, 0.05) is 50.6 Å². The monoisotopic (exact) mass is 357 g/mol. The molecule has 1 aliphatic carbocycles. The van der Waals surface area contributed by atoms with Crippen molar-refractivity contribution in [3.8, 4) is 0 Å². The van der Waals surface area contributed by atoms with Crippen LogP contribution in [0.25, 0.3) is 0 Å². The number of nitrogens with one attached hydrogen (secondary N) is 1. The molecule has 1 heterocycles. The molecule has 140 valence electrons. The molecule has 1 aromatic rings. The number of nitrogens with zero attached hydrogens (tertiary/aromatic N) is 2. The highest BCUT2D eigenvalue weighted by Crippen LogP contribution is 2.19. The van der Waals surface area contributed by atoms with Gasteiger partial charge in [-0.15, -0.1) is 0 Å². The van der Waals surface area contributed by atoms with E-state index in [2.05, 4.69) is 10.2 Å². The average Bonchev–Trinajstić information content (AvgIpc) is 3.50. The summed E-state index contributed by atoms with van der Waals surface area (Å²) in [5.74, 6) is 0.104. The molecule has 26 heavy (non-hydrogen) atoms. The van der Waals surface area contributed by atoms with E-state index in [9.17, 15) is 14.4 Å². The molecule has 1 N–H and O–H groups in total. The summed E-state index contributed by atoms with van der Waals surface area (Å²) in [6.07, 6.45) is 2.65. The van der Waals surface area contributed by atoms with Crippen LogP contribution in [0.3, 0.4) is 0 Å². The van der Waals surface area contributed by atoms with Gasteiger partial charge in [-0.3, -0.25) is 19.3 Å². The Morgan fingerprint density at radius 3 is 2.31 bits per heavy atom. The number of benzene rings is 1. The van der Waals surface area contributed by atoms with Gasteiger partial charge in [0.25, 0.3) is 0 Å². The molecule has 1 unspecified atom stereocenters. The summed E-state index contributed by atoms with van der Waals surface area (Å²) in [6, 6.07) is 9.29. The third kappa shape index (κ3) is 4.91. The molecule has 2 amide bonds. The van der Waals surface area contributed by atoms with Gasteiger partial charge >= 0.3 is 0 Å². The summed E-state index contributed by atoms with van der Waals surface area (Å²) in [5.41, 5.74) is 0.653. The fraction of sp³-hybridized carbons (Fsp3) is 0.550. The van der Waals surface area contributed by atoms with Crippen molar-refractivity contribution in [2.24, 2.45) is 0 Å². The van der Waals surface area contributed by atoms with Gasteiger partial charge < -0.3 is 10.2 Å². The lowest BCUT2D eigenvalue weighted by molar-refractivity contribution is -0.134. The second-order valence-corrected chi connectivity index (χ2v) is 7.16. The van der Waals surface area contributed by atoms with E-state index < -0.39 is 0 Å². The summed E-state index contributed by atoms with van der Waals surface area (Å²) >= 11 is 0. The first-order chi connectivity index (χ1) is 12.5. The Kier molecular flexibility index (Phi) is 6.04. The highest BCUT2D eigenvalue weighted by molar-refractivity contribution is 5.97. The third-order valence-electron chi connectivity index (χ3n) is 5.18. The normalized spacial score (nSPS) is 19.0. The quantitative estimate of drug-likeness (QED) is 0.750.